The lowest BCUT2D eigenvalue weighted by molar-refractivity contribution is 0.0958. The monoisotopic (exact) mass is 405 g/mol. The SMILES string of the molecule is COc1ccc(N2CC[C@@H](CC(=O)c3ccccc3)[C@@H]2c2ccc(Cl)cc2)cc1. The Bertz CT molecular complexity index is 954. The molecule has 1 aliphatic rings. The van der Waals surface area contributed by atoms with Gasteiger partial charge in [-0.2, -0.15) is 0 Å². The van der Waals surface area contributed by atoms with E-state index in [4.69, 9.17) is 16.3 Å². The van der Waals surface area contributed by atoms with E-state index in [1.165, 1.54) is 5.56 Å². The second-order valence-corrected chi connectivity index (χ2v) is 7.87. The fraction of sp³-hybridized carbons (Fsp3) is 0.240. The van der Waals surface area contributed by atoms with Crippen LogP contribution in [0.1, 0.15) is 34.8 Å². The smallest absolute Gasteiger partial charge is 0.163 e. The van der Waals surface area contributed by atoms with E-state index in [1.807, 2.05) is 54.6 Å². The Labute approximate surface area is 176 Å². The number of methoxy groups -OCH3 is 1. The third-order valence-electron chi connectivity index (χ3n) is 5.68. The number of Topliss-reactive ketones (excluding diaryl/α,β-unsaturated/α-hetero) is 1. The van der Waals surface area contributed by atoms with Crippen LogP contribution in [-0.2, 0) is 0 Å². The molecule has 2 atom stereocenters. The zero-order chi connectivity index (χ0) is 20.2. The predicted molar refractivity (Wildman–Crippen MR) is 118 cm³/mol. The highest BCUT2D eigenvalue weighted by Crippen LogP contribution is 2.43. The quantitative estimate of drug-likeness (QED) is 0.458. The number of halogens is 1. The zero-order valence-electron chi connectivity index (χ0n) is 16.4. The van der Waals surface area contributed by atoms with E-state index in [0.717, 1.165) is 35.0 Å². The number of nitrogens with zero attached hydrogens (tertiary/aromatic N) is 1. The molecular weight excluding hydrogens is 382 g/mol. The fourth-order valence-corrected chi connectivity index (χ4v) is 4.35. The maximum Gasteiger partial charge on any atom is 0.163 e. The Morgan fingerprint density at radius 1 is 1.00 bits per heavy atom. The third kappa shape index (κ3) is 4.30. The van der Waals surface area contributed by atoms with Gasteiger partial charge in [-0.25, -0.2) is 0 Å². The van der Waals surface area contributed by atoms with Crippen LogP contribution in [-0.4, -0.2) is 19.4 Å². The molecule has 1 aliphatic heterocycles. The number of ether oxygens (including phenoxy) is 1. The van der Waals surface area contributed by atoms with Crippen LogP contribution < -0.4 is 9.64 Å². The van der Waals surface area contributed by atoms with Crippen LogP contribution in [0.5, 0.6) is 5.75 Å². The average Bonchev–Trinajstić information content (AvgIpc) is 3.18. The molecule has 1 saturated heterocycles. The number of hydrogen-bond donors (Lipinski definition) is 0. The van der Waals surface area contributed by atoms with E-state index in [2.05, 4.69) is 29.2 Å². The first kappa shape index (κ1) is 19.5. The van der Waals surface area contributed by atoms with E-state index >= 15 is 0 Å². The molecule has 0 bridgehead atoms. The first-order valence-electron chi connectivity index (χ1n) is 9.90. The molecule has 4 heteroatoms. The van der Waals surface area contributed by atoms with Crippen LogP contribution in [0.3, 0.4) is 0 Å². The van der Waals surface area contributed by atoms with E-state index < -0.39 is 0 Å². The molecule has 3 aromatic carbocycles. The van der Waals surface area contributed by atoms with Crippen molar-refractivity contribution in [2.75, 3.05) is 18.6 Å². The molecule has 0 N–H and O–H groups in total. The lowest BCUT2D eigenvalue weighted by Gasteiger charge is -2.30. The summed E-state index contributed by atoms with van der Waals surface area (Å²) in [5, 5.41) is 0.722. The number of rotatable bonds is 6. The second-order valence-electron chi connectivity index (χ2n) is 7.43. The van der Waals surface area contributed by atoms with Gasteiger partial charge in [0.05, 0.1) is 13.2 Å². The number of carbonyl (C=O) groups is 1. The van der Waals surface area contributed by atoms with Gasteiger partial charge in [-0.1, -0.05) is 54.1 Å². The van der Waals surface area contributed by atoms with E-state index in [1.54, 1.807) is 7.11 Å². The summed E-state index contributed by atoms with van der Waals surface area (Å²) in [6, 6.07) is 25.9. The first-order valence-corrected chi connectivity index (χ1v) is 10.3. The van der Waals surface area contributed by atoms with Crippen molar-refractivity contribution in [2.45, 2.75) is 18.9 Å². The largest absolute Gasteiger partial charge is 0.497 e. The Balaban J connectivity index is 1.63. The summed E-state index contributed by atoms with van der Waals surface area (Å²) >= 11 is 6.12. The van der Waals surface area contributed by atoms with Crippen molar-refractivity contribution in [2.24, 2.45) is 5.92 Å². The van der Waals surface area contributed by atoms with Gasteiger partial charge in [-0.15, -0.1) is 0 Å². The minimum Gasteiger partial charge on any atom is -0.497 e. The highest BCUT2D eigenvalue weighted by Gasteiger charge is 2.36. The molecule has 0 spiro atoms. The minimum absolute atomic E-state index is 0.133. The fourth-order valence-electron chi connectivity index (χ4n) is 4.23. The maximum atomic E-state index is 12.9. The molecular formula is C25H24ClNO2. The summed E-state index contributed by atoms with van der Waals surface area (Å²) in [4.78, 5) is 15.3. The van der Waals surface area contributed by atoms with E-state index in [-0.39, 0.29) is 17.7 Å². The predicted octanol–water partition coefficient (Wildman–Crippen LogP) is 6.19. The van der Waals surface area contributed by atoms with Gasteiger partial charge < -0.3 is 9.64 Å². The summed E-state index contributed by atoms with van der Waals surface area (Å²) in [5.41, 5.74) is 3.11. The standard InChI is InChI=1S/C25H24ClNO2/c1-29-23-13-11-22(12-14-23)27-16-15-20(17-24(28)18-5-3-2-4-6-18)25(27)19-7-9-21(26)10-8-19/h2-14,20,25H,15-17H2,1H3/t20-,25-/m0/s1. The van der Waals surface area contributed by atoms with Crippen molar-refractivity contribution in [3.63, 3.8) is 0 Å². The Morgan fingerprint density at radius 3 is 2.34 bits per heavy atom. The molecule has 3 nitrogen and oxygen atoms in total. The van der Waals surface area contributed by atoms with Gasteiger partial charge in [0.15, 0.2) is 5.78 Å². The molecule has 0 amide bonds. The van der Waals surface area contributed by atoms with Crippen molar-refractivity contribution in [3.8, 4) is 5.75 Å². The molecule has 1 fully saturated rings. The normalized spacial score (nSPS) is 18.6. The van der Waals surface area contributed by atoms with E-state index in [0.29, 0.717) is 6.42 Å². The number of carbonyl (C=O) groups excluding carboxylic acids is 1. The number of benzene rings is 3. The lowest BCUT2D eigenvalue weighted by atomic mass is 9.88. The summed E-state index contributed by atoms with van der Waals surface area (Å²) in [6.07, 6.45) is 1.50. The highest BCUT2D eigenvalue weighted by atomic mass is 35.5. The molecule has 0 saturated carbocycles. The summed E-state index contributed by atoms with van der Waals surface area (Å²) in [6.45, 7) is 0.909. The highest BCUT2D eigenvalue weighted by molar-refractivity contribution is 6.30. The van der Waals surface area contributed by atoms with Gasteiger partial charge >= 0.3 is 0 Å². The first-order chi connectivity index (χ1) is 14.2. The summed E-state index contributed by atoms with van der Waals surface area (Å²) in [5.74, 6) is 1.28. The van der Waals surface area contributed by atoms with Crippen LogP contribution >= 0.6 is 11.6 Å². The number of anilines is 1. The topological polar surface area (TPSA) is 29.5 Å². The minimum atomic E-state index is 0.133. The summed E-state index contributed by atoms with van der Waals surface area (Å²) in [7, 11) is 1.67. The molecule has 0 radical (unpaired) electrons. The van der Waals surface area contributed by atoms with Crippen LogP contribution in [0.25, 0.3) is 0 Å². The van der Waals surface area contributed by atoms with Gasteiger partial charge in [-0.3, -0.25) is 4.79 Å². The average molecular weight is 406 g/mol. The second kappa shape index (κ2) is 8.71. The molecule has 3 aromatic rings. The van der Waals surface area contributed by atoms with Crippen molar-refractivity contribution in [1.82, 2.24) is 0 Å². The maximum absolute atomic E-state index is 12.9. The van der Waals surface area contributed by atoms with Crippen molar-refractivity contribution in [1.29, 1.82) is 0 Å². The summed E-state index contributed by atoms with van der Waals surface area (Å²) < 4.78 is 5.30. The molecule has 4 rings (SSSR count). The molecule has 0 unspecified atom stereocenters. The zero-order valence-corrected chi connectivity index (χ0v) is 17.2. The van der Waals surface area contributed by atoms with Crippen molar-refractivity contribution >= 4 is 23.1 Å². The van der Waals surface area contributed by atoms with Gasteiger partial charge in [0.25, 0.3) is 0 Å². The lowest BCUT2D eigenvalue weighted by Crippen LogP contribution is -2.26. The van der Waals surface area contributed by atoms with Gasteiger partial charge in [0.1, 0.15) is 5.75 Å². The Hall–Kier alpha value is -2.78. The third-order valence-corrected chi connectivity index (χ3v) is 5.93. The molecule has 148 valence electrons. The number of ketones is 1. The molecule has 29 heavy (non-hydrogen) atoms. The Morgan fingerprint density at radius 2 is 1.69 bits per heavy atom. The van der Waals surface area contributed by atoms with Gasteiger partial charge in [0.2, 0.25) is 0 Å². The number of hydrogen-bond acceptors (Lipinski definition) is 3. The Kier molecular flexibility index (Phi) is 5.86. The van der Waals surface area contributed by atoms with E-state index in [9.17, 15) is 4.79 Å². The van der Waals surface area contributed by atoms with Crippen LogP contribution in [0.2, 0.25) is 5.02 Å². The van der Waals surface area contributed by atoms with Gasteiger partial charge in [-0.05, 0) is 54.3 Å². The van der Waals surface area contributed by atoms with Crippen LogP contribution in [0.15, 0.2) is 78.9 Å². The van der Waals surface area contributed by atoms with Crippen molar-refractivity contribution in [3.05, 3.63) is 95.0 Å². The van der Waals surface area contributed by atoms with Crippen LogP contribution in [0.4, 0.5) is 5.69 Å². The molecule has 0 aromatic heterocycles. The molecule has 0 aliphatic carbocycles. The van der Waals surface area contributed by atoms with Crippen molar-refractivity contribution < 1.29 is 9.53 Å². The molecule has 1 heterocycles. The van der Waals surface area contributed by atoms with Gasteiger partial charge in [0, 0.05) is 29.2 Å². The van der Waals surface area contributed by atoms with Crippen LogP contribution in [0, 0.1) is 5.92 Å².